The van der Waals surface area contributed by atoms with Crippen LogP contribution in [0.3, 0.4) is 0 Å². The predicted molar refractivity (Wildman–Crippen MR) is 59.9 cm³/mol. The highest BCUT2D eigenvalue weighted by Gasteiger charge is 2.03. The highest BCUT2D eigenvalue weighted by Crippen LogP contribution is 2.20. The fourth-order valence-corrected chi connectivity index (χ4v) is 1.18. The molecular formula is C11H9N3O3. The molecule has 0 atom stereocenters. The monoisotopic (exact) mass is 231 g/mol. The Kier molecular flexibility index (Phi) is 2.87. The van der Waals surface area contributed by atoms with Crippen molar-refractivity contribution >= 4 is 11.9 Å². The summed E-state index contributed by atoms with van der Waals surface area (Å²) in [4.78, 5) is 18.2. The van der Waals surface area contributed by atoms with Gasteiger partial charge in [-0.1, -0.05) is 0 Å². The Labute approximate surface area is 96.7 Å². The number of carbonyl (C=O) groups is 1. The fourth-order valence-electron chi connectivity index (χ4n) is 1.18. The Hall–Kier alpha value is -2.63. The molecule has 3 N–H and O–H groups in total. The third-order valence-electron chi connectivity index (χ3n) is 1.99. The molecule has 0 radical (unpaired) electrons. The van der Waals surface area contributed by atoms with Crippen molar-refractivity contribution in [3.63, 3.8) is 0 Å². The second kappa shape index (κ2) is 4.48. The summed E-state index contributed by atoms with van der Waals surface area (Å²) in [5, 5.41) is 8.72. The molecule has 86 valence electrons. The van der Waals surface area contributed by atoms with Crippen molar-refractivity contribution in [2.24, 2.45) is 0 Å². The summed E-state index contributed by atoms with van der Waals surface area (Å²) >= 11 is 0. The Bertz CT molecular complexity index is 523. The van der Waals surface area contributed by atoms with Gasteiger partial charge in [-0.15, -0.1) is 0 Å². The number of aromatic carboxylic acids is 1. The average Bonchev–Trinajstić information content (AvgIpc) is 2.33. The Morgan fingerprint density at radius 2 is 1.71 bits per heavy atom. The molecule has 0 saturated carbocycles. The van der Waals surface area contributed by atoms with Crippen molar-refractivity contribution in [3.05, 3.63) is 42.2 Å². The number of carboxylic acids is 1. The standard InChI is InChI=1S/C11H9N3O3/c12-11-13-5-9(6-14-11)17-8-3-1-7(2-4-8)10(15)16/h1-6H,(H,15,16)(H2,12,13,14). The van der Waals surface area contributed by atoms with E-state index in [2.05, 4.69) is 9.97 Å². The lowest BCUT2D eigenvalue weighted by atomic mass is 10.2. The lowest BCUT2D eigenvalue weighted by Crippen LogP contribution is -1.96. The van der Waals surface area contributed by atoms with Crippen molar-refractivity contribution in [2.45, 2.75) is 0 Å². The molecule has 1 aromatic carbocycles. The maximum Gasteiger partial charge on any atom is 0.335 e. The largest absolute Gasteiger partial charge is 0.478 e. The Morgan fingerprint density at radius 1 is 1.12 bits per heavy atom. The van der Waals surface area contributed by atoms with Gasteiger partial charge in [0.25, 0.3) is 0 Å². The summed E-state index contributed by atoms with van der Waals surface area (Å²) in [7, 11) is 0. The molecule has 0 bridgehead atoms. The zero-order valence-corrected chi connectivity index (χ0v) is 8.70. The minimum atomic E-state index is -0.979. The molecule has 2 aromatic rings. The second-order valence-electron chi connectivity index (χ2n) is 3.21. The van der Waals surface area contributed by atoms with Gasteiger partial charge in [-0.05, 0) is 24.3 Å². The predicted octanol–water partition coefficient (Wildman–Crippen LogP) is 1.55. The van der Waals surface area contributed by atoms with Crippen LogP contribution >= 0.6 is 0 Å². The van der Waals surface area contributed by atoms with Crippen LogP contribution in [-0.4, -0.2) is 21.0 Å². The molecule has 0 unspecified atom stereocenters. The van der Waals surface area contributed by atoms with E-state index in [1.165, 1.54) is 24.5 Å². The molecule has 0 aliphatic carbocycles. The van der Waals surface area contributed by atoms with Gasteiger partial charge in [-0.3, -0.25) is 0 Å². The van der Waals surface area contributed by atoms with Crippen LogP contribution in [0.25, 0.3) is 0 Å². The highest BCUT2D eigenvalue weighted by atomic mass is 16.5. The Morgan fingerprint density at radius 3 is 2.24 bits per heavy atom. The van der Waals surface area contributed by atoms with E-state index in [0.29, 0.717) is 11.5 Å². The summed E-state index contributed by atoms with van der Waals surface area (Å²) < 4.78 is 5.39. The van der Waals surface area contributed by atoms with Crippen LogP contribution in [0.4, 0.5) is 5.95 Å². The van der Waals surface area contributed by atoms with Gasteiger partial charge in [0.05, 0.1) is 18.0 Å². The number of rotatable bonds is 3. The van der Waals surface area contributed by atoms with E-state index < -0.39 is 5.97 Å². The zero-order chi connectivity index (χ0) is 12.3. The third kappa shape index (κ3) is 2.69. The molecule has 6 heteroatoms. The number of nitrogens with zero attached hydrogens (tertiary/aromatic N) is 2. The van der Waals surface area contributed by atoms with Crippen LogP contribution in [0.2, 0.25) is 0 Å². The fraction of sp³-hybridized carbons (Fsp3) is 0. The topological polar surface area (TPSA) is 98.3 Å². The second-order valence-corrected chi connectivity index (χ2v) is 3.21. The quantitative estimate of drug-likeness (QED) is 0.831. The number of aromatic nitrogens is 2. The van der Waals surface area contributed by atoms with Crippen molar-refractivity contribution in [3.8, 4) is 11.5 Å². The third-order valence-corrected chi connectivity index (χ3v) is 1.99. The van der Waals surface area contributed by atoms with Gasteiger partial charge in [-0.2, -0.15) is 0 Å². The van der Waals surface area contributed by atoms with Crippen LogP contribution in [-0.2, 0) is 0 Å². The molecule has 0 saturated heterocycles. The first-order chi connectivity index (χ1) is 8.15. The van der Waals surface area contributed by atoms with Gasteiger partial charge in [0.1, 0.15) is 5.75 Å². The van der Waals surface area contributed by atoms with Gasteiger partial charge >= 0.3 is 5.97 Å². The lowest BCUT2D eigenvalue weighted by molar-refractivity contribution is 0.0697. The summed E-state index contributed by atoms with van der Waals surface area (Å²) in [5.41, 5.74) is 5.53. The molecule has 0 aliphatic rings. The van der Waals surface area contributed by atoms with Gasteiger partial charge in [0.2, 0.25) is 5.95 Å². The number of benzene rings is 1. The SMILES string of the molecule is Nc1ncc(Oc2ccc(C(=O)O)cc2)cn1. The molecule has 0 aliphatic heterocycles. The van der Waals surface area contributed by atoms with Crippen molar-refractivity contribution in [1.82, 2.24) is 9.97 Å². The first-order valence-corrected chi connectivity index (χ1v) is 4.74. The van der Waals surface area contributed by atoms with Crippen LogP contribution in [0, 0.1) is 0 Å². The maximum absolute atomic E-state index is 10.6. The van der Waals surface area contributed by atoms with Crippen LogP contribution in [0.5, 0.6) is 11.5 Å². The highest BCUT2D eigenvalue weighted by molar-refractivity contribution is 5.87. The smallest absolute Gasteiger partial charge is 0.335 e. The van der Waals surface area contributed by atoms with Crippen molar-refractivity contribution in [1.29, 1.82) is 0 Å². The van der Waals surface area contributed by atoms with E-state index in [-0.39, 0.29) is 11.5 Å². The zero-order valence-electron chi connectivity index (χ0n) is 8.70. The molecule has 2 rings (SSSR count). The molecular weight excluding hydrogens is 222 g/mol. The van der Waals surface area contributed by atoms with Crippen LogP contribution in [0.1, 0.15) is 10.4 Å². The van der Waals surface area contributed by atoms with E-state index >= 15 is 0 Å². The molecule has 1 heterocycles. The minimum Gasteiger partial charge on any atom is -0.478 e. The molecule has 0 amide bonds. The first kappa shape index (κ1) is 10.9. The maximum atomic E-state index is 10.6. The van der Waals surface area contributed by atoms with E-state index in [1.807, 2.05) is 0 Å². The summed E-state index contributed by atoms with van der Waals surface area (Å²) in [6.07, 6.45) is 2.88. The summed E-state index contributed by atoms with van der Waals surface area (Å²) in [6.45, 7) is 0. The number of ether oxygens (including phenoxy) is 1. The molecule has 0 fully saturated rings. The first-order valence-electron chi connectivity index (χ1n) is 4.74. The average molecular weight is 231 g/mol. The number of nitrogen functional groups attached to an aromatic ring is 1. The number of nitrogens with two attached hydrogens (primary N) is 1. The van der Waals surface area contributed by atoms with Gasteiger partial charge in [0, 0.05) is 0 Å². The van der Waals surface area contributed by atoms with Crippen LogP contribution in [0.15, 0.2) is 36.7 Å². The van der Waals surface area contributed by atoms with E-state index in [0.717, 1.165) is 0 Å². The summed E-state index contributed by atoms with van der Waals surface area (Å²) in [6, 6.07) is 6.02. The number of anilines is 1. The Balaban J connectivity index is 2.13. The van der Waals surface area contributed by atoms with Crippen molar-refractivity contribution in [2.75, 3.05) is 5.73 Å². The number of hydrogen-bond donors (Lipinski definition) is 2. The van der Waals surface area contributed by atoms with Crippen LogP contribution < -0.4 is 10.5 Å². The molecule has 6 nitrogen and oxygen atoms in total. The van der Waals surface area contributed by atoms with E-state index in [1.54, 1.807) is 12.1 Å². The normalized spacial score (nSPS) is 9.88. The summed E-state index contributed by atoms with van der Waals surface area (Å²) in [5.74, 6) is 0.122. The van der Waals surface area contributed by atoms with Gasteiger partial charge in [-0.25, -0.2) is 14.8 Å². The molecule has 17 heavy (non-hydrogen) atoms. The number of hydrogen-bond acceptors (Lipinski definition) is 5. The molecule has 0 spiro atoms. The van der Waals surface area contributed by atoms with Gasteiger partial charge in [0.15, 0.2) is 5.75 Å². The number of carboxylic acid groups (broad SMARTS) is 1. The molecule has 1 aromatic heterocycles. The van der Waals surface area contributed by atoms with Crippen molar-refractivity contribution < 1.29 is 14.6 Å². The van der Waals surface area contributed by atoms with E-state index in [4.69, 9.17) is 15.6 Å². The lowest BCUT2D eigenvalue weighted by Gasteiger charge is -2.04. The van der Waals surface area contributed by atoms with Gasteiger partial charge < -0.3 is 15.6 Å². The minimum absolute atomic E-state index is 0.165. The van der Waals surface area contributed by atoms with E-state index in [9.17, 15) is 4.79 Å².